The molecule has 0 aromatic heterocycles. The molecule has 21 heavy (non-hydrogen) atoms. The highest BCUT2D eigenvalue weighted by Gasteiger charge is 2.21. The first-order valence-electron chi connectivity index (χ1n) is 6.90. The van der Waals surface area contributed by atoms with E-state index in [2.05, 4.69) is 5.32 Å². The number of nitriles is 1. The maximum Gasteiger partial charge on any atom is 0.251 e. The van der Waals surface area contributed by atoms with E-state index in [-0.39, 0.29) is 24.4 Å². The molecule has 2 amide bonds. The van der Waals surface area contributed by atoms with Crippen LogP contribution in [0.5, 0.6) is 0 Å². The zero-order valence-electron chi connectivity index (χ0n) is 11.7. The van der Waals surface area contributed by atoms with Crippen LogP contribution in [-0.4, -0.2) is 42.4 Å². The summed E-state index contributed by atoms with van der Waals surface area (Å²) < 4.78 is 0. The molecule has 0 unspecified atom stereocenters. The smallest absolute Gasteiger partial charge is 0.251 e. The van der Waals surface area contributed by atoms with Crippen LogP contribution < -0.4 is 11.1 Å². The third-order valence-corrected chi connectivity index (χ3v) is 3.58. The first-order valence-corrected chi connectivity index (χ1v) is 6.90. The molecule has 6 heteroatoms. The van der Waals surface area contributed by atoms with Gasteiger partial charge in [-0.3, -0.25) is 14.5 Å². The van der Waals surface area contributed by atoms with Gasteiger partial charge in [0.15, 0.2) is 0 Å². The van der Waals surface area contributed by atoms with Gasteiger partial charge in [0.25, 0.3) is 5.91 Å². The zero-order valence-corrected chi connectivity index (χ0v) is 11.7. The molecular formula is C15H18N4O2. The minimum absolute atomic E-state index is 0.109. The Hall–Kier alpha value is -2.39. The van der Waals surface area contributed by atoms with Crippen molar-refractivity contribution in [3.63, 3.8) is 0 Å². The van der Waals surface area contributed by atoms with Gasteiger partial charge in [-0.05, 0) is 37.1 Å². The summed E-state index contributed by atoms with van der Waals surface area (Å²) in [5.74, 6) is -0.456. The summed E-state index contributed by atoms with van der Waals surface area (Å²) in [5, 5.41) is 11.7. The summed E-state index contributed by atoms with van der Waals surface area (Å²) >= 11 is 0. The molecule has 1 heterocycles. The SMILES string of the molecule is N#Cc1ccc(C(=O)NC2CCN(CC(N)=O)CC2)cc1. The van der Waals surface area contributed by atoms with Gasteiger partial charge in [-0.2, -0.15) is 5.26 Å². The van der Waals surface area contributed by atoms with Crippen LogP contribution in [-0.2, 0) is 4.79 Å². The van der Waals surface area contributed by atoms with Crippen molar-refractivity contribution in [2.75, 3.05) is 19.6 Å². The second-order valence-corrected chi connectivity index (χ2v) is 5.18. The van der Waals surface area contributed by atoms with Gasteiger partial charge < -0.3 is 11.1 Å². The predicted octanol–water partition coefficient (Wildman–Crippen LogP) is 0.238. The van der Waals surface area contributed by atoms with E-state index in [0.717, 1.165) is 25.9 Å². The molecule has 1 aromatic carbocycles. The monoisotopic (exact) mass is 286 g/mol. The Morgan fingerprint density at radius 2 is 1.90 bits per heavy atom. The number of likely N-dealkylation sites (tertiary alicyclic amines) is 1. The summed E-state index contributed by atoms with van der Waals surface area (Å²) in [4.78, 5) is 24.9. The van der Waals surface area contributed by atoms with E-state index >= 15 is 0 Å². The van der Waals surface area contributed by atoms with E-state index in [0.29, 0.717) is 11.1 Å². The fraction of sp³-hybridized carbons (Fsp3) is 0.400. The lowest BCUT2D eigenvalue weighted by Crippen LogP contribution is -2.46. The average molecular weight is 286 g/mol. The molecule has 1 aliphatic heterocycles. The van der Waals surface area contributed by atoms with Crippen molar-refractivity contribution in [1.82, 2.24) is 10.2 Å². The van der Waals surface area contributed by atoms with Gasteiger partial charge in [-0.1, -0.05) is 0 Å². The molecule has 0 atom stereocenters. The van der Waals surface area contributed by atoms with Crippen LogP contribution in [0.3, 0.4) is 0 Å². The molecule has 0 spiro atoms. The average Bonchev–Trinajstić information content (AvgIpc) is 2.49. The number of amides is 2. The van der Waals surface area contributed by atoms with Gasteiger partial charge in [-0.25, -0.2) is 0 Å². The Balaban J connectivity index is 1.84. The largest absolute Gasteiger partial charge is 0.369 e. The van der Waals surface area contributed by atoms with E-state index in [1.165, 1.54) is 0 Å². The molecule has 0 radical (unpaired) electrons. The number of carbonyl (C=O) groups is 2. The van der Waals surface area contributed by atoms with Crippen molar-refractivity contribution < 1.29 is 9.59 Å². The maximum absolute atomic E-state index is 12.1. The minimum atomic E-state index is -0.324. The van der Waals surface area contributed by atoms with E-state index in [1.54, 1.807) is 24.3 Å². The van der Waals surface area contributed by atoms with Crippen molar-refractivity contribution in [1.29, 1.82) is 5.26 Å². The van der Waals surface area contributed by atoms with Gasteiger partial charge in [0.2, 0.25) is 5.91 Å². The standard InChI is InChI=1S/C15H18N4O2/c16-9-11-1-3-12(4-2-11)15(21)18-13-5-7-19(8-6-13)10-14(17)20/h1-4,13H,5-8,10H2,(H2,17,20)(H,18,21). The molecule has 1 saturated heterocycles. The van der Waals surface area contributed by atoms with Crippen LogP contribution in [0.25, 0.3) is 0 Å². The lowest BCUT2D eigenvalue weighted by atomic mass is 10.0. The molecule has 0 aliphatic carbocycles. The number of primary amides is 1. The highest BCUT2D eigenvalue weighted by atomic mass is 16.2. The molecule has 0 bridgehead atoms. The molecule has 1 fully saturated rings. The van der Waals surface area contributed by atoms with Crippen LogP contribution in [0.15, 0.2) is 24.3 Å². The van der Waals surface area contributed by atoms with Crippen molar-refractivity contribution in [2.45, 2.75) is 18.9 Å². The number of benzene rings is 1. The van der Waals surface area contributed by atoms with Crippen LogP contribution in [0.1, 0.15) is 28.8 Å². The first-order chi connectivity index (χ1) is 10.1. The maximum atomic E-state index is 12.1. The summed E-state index contributed by atoms with van der Waals surface area (Å²) in [7, 11) is 0. The van der Waals surface area contributed by atoms with E-state index in [1.807, 2.05) is 11.0 Å². The molecule has 1 aliphatic rings. The molecule has 6 nitrogen and oxygen atoms in total. The Labute approximate surface area is 123 Å². The number of carbonyl (C=O) groups excluding carboxylic acids is 2. The third kappa shape index (κ3) is 4.29. The number of nitrogens with one attached hydrogen (secondary N) is 1. The molecular weight excluding hydrogens is 268 g/mol. The fourth-order valence-electron chi connectivity index (χ4n) is 2.42. The van der Waals surface area contributed by atoms with E-state index < -0.39 is 0 Å². The van der Waals surface area contributed by atoms with Gasteiger partial charge >= 0.3 is 0 Å². The highest BCUT2D eigenvalue weighted by molar-refractivity contribution is 5.94. The molecule has 3 N–H and O–H groups in total. The number of rotatable bonds is 4. The number of piperidine rings is 1. The topological polar surface area (TPSA) is 99.2 Å². The van der Waals surface area contributed by atoms with Gasteiger partial charge in [0, 0.05) is 24.7 Å². The summed E-state index contributed by atoms with van der Waals surface area (Å²) in [6, 6.07) is 8.69. The van der Waals surface area contributed by atoms with Crippen molar-refractivity contribution >= 4 is 11.8 Å². The van der Waals surface area contributed by atoms with Gasteiger partial charge in [0.1, 0.15) is 0 Å². The third-order valence-electron chi connectivity index (χ3n) is 3.58. The van der Waals surface area contributed by atoms with Gasteiger partial charge in [-0.15, -0.1) is 0 Å². The number of hydrogen-bond donors (Lipinski definition) is 2. The quantitative estimate of drug-likeness (QED) is 0.828. The van der Waals surface area contributed by atoms with Crippen molar-refractivity contribution in [2.24, 2.45) is 5.73 Å². The van der Waals surface area contributed by atoms with Crippen LogP contribution in [0.4, 0.5) is 0 Å². The molecule has 0 saturated carbocycles. The van der Waals surface area contributed by atoms with Crippen molar-refractivity contribution in [3.8, 4) is 6.07 Å². The Kier molecular flexibility index (Phi) is 4.90. The summed E-state index contributed by atoms with van der Waals surface area (Å²) in [6.45, 7) is 1.78. The Morgan fingerprint density at radius 1 is 1.29 bits per heavy atom. The normalized spacial score (nSPS) is 16.1. The van der Waals surface area contributed by atoms with Crippen LogP contribution in [0, 0.1) is 11.3 Å². The fourth-order valence-corrected chi connectivity index (χ4v) is 2.42. The van der Waals surface area contributed by atoms with E-state index in [4.69, 9.17) is 11.0 Å². The highest BCUT2D eigenvalue weighted by Crippen LogP contribution is 2.11. The van der Waals surface area contributed by atoms with Crippen LogP contribution >= 0.6 is 0 Å². The molecule has 110 valence electrons. The lowest BCUT2D eigenvalue weighted by Gasteiger charge is -2.31. The van der Waals surface area contributed by atoms with Crippen LogP contribution in [0.2, 0.25) is 0 Å². The Bertz CT molecular complexity index is 554. The number of hydrogen-bond acceptors (Lipinski definition) is 4. The summed E-state index contributed by atoms with van der Waals surface area (Å²) in [6.07, 6.45) is 1.60. The van der Waals surface area contributed by atoms with E-state index in [9.17, 15) is 9.59 Å². The zero-order chi connectivity index (χ0) is 15.2. The number of nitrogens with zero attached hydrogens (tertiary/aromatic N) is 2. The number of nitrogens with two attached hydrogens (primary N) is 1. The van der Waals surface area contributed by atoms with Crippen molar-refractivity contribution in [3.05, 3.63) is 35.4 Å². The summed E-state index contributed by atoms with van der Waals surface area (Å²) in [5.41, 5.74) is 6.25. The first kappa shape index (κ1) is 15.0. The lowest BCUT2D eigenvalue weighted by molar-refractivity contribution is -0.119. The molecule has 1 aromatic rings. The second-order valence-electron chi connectivity index (χ2n) is 5.18. The predicted molar refractivity (Wildman–Crippen MR) is 77.3 cm³/mol. The Morgan fingerprint density at radius 3 is 2.43 bits per heavy atom. The molecule has 2 rings (SSSR count). The second kappa shape index (κ2) is 6.86. The van der Waals surface area contributed by atoms with Gasteiger partial charge in [0.05, 0.1) is 18.2 Å². The minimum Gasteiger partial charge on any atom is -0.369 e.